The summed E-state index contributed by atoms with van der Waals surface area (Å²) in [6.07, 6.45) is 5.46. The fraction of sp³-hybridized carbons (Fsp3) is 0.500. The highest BCUT2D eigenvalue weighted by atomic mass is 32.1. The first-order valence-electron chi connectivity index (χ1n) is 6.92. The molecule has 1 fully saturated rings. The third kappa shape index (κ3) is 1.98. The molecule has 1 nitrogen and oxygen atoms in total. The summed E-state index contributed by atoms with van der Waals surface area (Å²) in [7, 11) is 0. The Balaban J connectivity index is 2.04. The molecule has 1 aromatic carbocycles. The summed E-state index contributed by atoms with van der Waals surface area (Å²) in [6, 6.07) is 8.49. The molecule has 0 bridgehead atoms. The molecule has 3 rings (SSSR count). The van der Waals surface area contributed by atoms with Crippen LogP contribution in [0.5, 0.6) is 0 Å². The van der Waals surface area contributed by atoms with Gasteiger partial charge in [-0.05, 0) is 42.0 Å². The average Bonchev–Trinajstić information content (AvgIpc) is 2.86. The second-order valence-corrected chi connectivity index (χ2v) is 6.46. The van der Waals surface area contributed by atoms with Crippen LogP contribution in [-0.4, -0.2) is 5.11 Å². The molecule has 1 saturated carbocycles. The van der Waals surface area contributed by atoms with Gasteiger partial charge < -0.3 is 5.11 Å². The summed E-state index contributed by atoms with van der Waals surface area (Å²) < 4.78 is 1.27. The minimum atomic E-state index is -0.594. The Kier molecular flexibility index (Phi) is 3.16. The van der Waals surface area contributed by atoms with E-state index < -0.39 is 5.60 Å². The molecule has 0 amide bonds. The van der Waals surface area contributed by atoms with Crippen LogP contribution in [0.25, 0.3) is 10.1 Å². The molecule has 18 heavy (non-hydrogen) atoms. The van der Waals surface area contributed by atoms with Crippen LogP contribution in [-0.2, 0) is 5.60 Å². The second-order valence-electron chi connectivity index (χ2n) is 5.55. The number of benzene rings is 1. The topological polar surface area (TPSA) is 20.2 Å². The predicted octanol–water partition coefficient (Wildman–Crippen LogP) is 4.69. The highest BCUT2D eigenvalue weighted by Gasteiger charge is 2.36. The molecule has 1 aromatic heterocycles. The van der Waals surface area contributed by atoms with Crippen molar-refractivity contribution in [1.82, 2.24) is 0 Å². The van der Waals surface area contributed by atoms with Crippen LogP contribution < -0.4 is 0 Å². The quantitative estimate of drug-likeness (QED) is 0.830. The van der Waals surface area contributed by atoms with E-state index in [1.165, 1.54) is 22.9 Å². The molecule has 2 heteroatoms. The largest absolute Gasteiger partial charge is 0.385 e. The lowest BCUT2D eigenvalue weighted by atomic mass is 9.73. The van der Waals surface area contributed by atoms with Gasteiger partial charge in [0.05, 0.1) is 5.60 Å². The number of aliphatic hydroxyl groups is 1. The molecule has 0 radical (unpaired) electrons. The Hall–Kier alpha value is -0.860. The second kappa shape index (κ2) is 4.67. The number of rotatable bonds is 2. The van der Waals surface area contributed by atoms with Crippen molar-refractivity contribution < 1.29 is 5.11 Å². The van der Waals surface area contributed by atoms with Gasteiger partial charge in [-0.25, -0.2) is 0 Å². The molecule has 2 unspecified atom stereocenters. The van der Waals surface area contributed by atoms with Gasteiger partial charge in [0.25, 0.3) is 0 Å². The third-order valence-electron chi connectivity index (χ3n) is 4.39. The summed E-state index contributed by atoms with van der Waals surface area (Å²) in [4.78, 5) is 0. The smallest absolute Gasteiger partial charge is 0.0913 e. The van der Waals surface area contributed by atoms with E-state index in [9.17, 15) is 5.11 Å². The molecule has 1 aliphatic rings. The standard InChI is InChI=1S/C16H20OS/c1-2-12-5-4-9-16(17,11-12)14-7-3-6-13-8-10-18-15(13)14/h3,6-8,10,12,17H,2,4-5,9,11H2,1H3. The number of hydrogen-bond donors (Lipinski definition) is 1. The van der Waals surface area contributed by atoms with Gasteiger partial charge in [-0.1, -0.05) is 38.0 Å². The highest BCUT2D eigenvalue weighted by Crippen LogP contribution is 2.44. The van der Waals surface area contributed by atoms with Crippen molar-refractivity contribution in [3.63, 3.8) is 0 Å². The van der Waals surface area contributed by atoms with Crippen LogP contribution in [0.2, 0.25) is 0 Å². The first-order valence-corrected chi connectivity index (χ1v) is 7.80. The van der Waals surface area contributed by atoms with Gasteiger partial charge in [-0.2, -0.15) is 0 Å². The van der Waals surface area contributed by atoms with E-state index in [-0.39, 0.29) is 0 Å². The van der Waals surface area contributed by atoms with Gasteiger partial charge in [0.15, 0.2) is 0 Å². The lowest BCUT2D eigenvalue weighted by Crippen LogP contribution is -2.32. The number of fused-ring (bicyclic) bond motifs is 1. The monoisotopic (exact) mass is 260 g/mol. The van der Waals surface area contributed by atoms with Crippen LogP contribution >= 0.6 is 11.3 Å². The average molecular weight is 260 g/mol. The molecule has 2 atom stereocenters. The zero-order valence-electron chi connectivity index (χ0n) is 10.9. The van der Waals surface area contributed by atoms with Gasteiger partial charge >= 0.3 is 0 Å². The Morgan fingerprint density at radius 3 is 3.11 bits per heavy atom. The fourth-order valence-corrected chi connectivity index (χ4v) is 4.33. The van der Waals surface area contributed by atoms with Crippen LogP contribution in [0.1, 0.15) is 44.6 Å². The van der Waals surface area contributed by atoms with Gasteiger partial charge in [0, 0.05) is 10.3 Å². The SMILES string of the molecule is CCC1CCCC(O)(c2cccc3ccsc23)C1. The minimum Gasteiger partial charge on any atom is -0.385 e. The predicted molar refractivity (Wildman–Crippen MR) is 78.0 cm³/mol. The fourth-order valence-electron chi connectivity index (χ4n) is 3.32. The van der Waals surface area contributed by atoms with Crippen molar-refractivity contribution in [2.45, 2.75) is 44.6 Å². The van der Waals surface area contributed by atoms with E-state index in [0.717, 1.165) is 24.8 Å². The first kappa shape index (κ1) is 12.2. The summed E-state index contributed by atoms with van der Waals surface area (Å²) in [5.74, 6) is 0.680. The van der Waals surface area contributed by atoms with Gasteiger partial charge in [-0.3, -0.25) is 0 Å². The maximum atomic E-state index is 11.1. The van der Waals surface area contributed by atoms with Crippen molar-refractivity contribution in [2.24, 2.45) is 5.92 Å². The molecular weight excluding hydrogens is 240 g/mol. The van der Waals surface area contributed by atoms with Gasteiger partial charge in [0.1, 0.15) is 0 Å². The van der Waals surface area contributed by atoms with Gasteiger partial charge in [0.2, 0.25) is 0 Å². The van der Waals surface area contributed by atoms with Crippen molar-refractivity contribution in [3.05, 3.63) is 35.2 Å². The Bertz CT molecular complexity index is 545. The van der Waals surface area contributed by atoms with E-state index in [0.29, 0.717) is 5.92 Å². The zero-order valence-corrected chi connectivity index (χ0v) is 11.7. The molecule has 1 aliphatic carbocycles. The number of thiophene rings is 1. The molecule has 0 spiro atoms. The van der Waals surface area contributed by atoms with E-state index >= 15 is 0 Å². The van der Waals surface area contributed by atoms with Crippen LogP contribution in [0.15, 0.2) is 29.6 Å². The molecule has 0 aliphatic heterocycles. The Labute approximate surface area is 112 Å². The highest BCUT2D eigenvalue weighted by molar-refractivity contribution is 7.17. The molecule has 1 N–H and O–H groups in total. The summed E-state index contributed by atoms with van der Waals surface area (Å²) in [5, 5.41) is 14.5. The minimum absolute atomic E-state index is 0.594. The van der Waals surface area contributed by atoms with Crippen LogP contribution in [0.4, 0.5) is 0 Å². The van der Waals surface area contributed by atoms with Crippen LogP contribution in [0, 0.1) is 5.92 Å². The van der Waals surface area contributed by atoms with Crippen molar-refractivity contribution >= 4 is 21.4 Å². The Morgan fingerprint density at radius 1 is 1.39 bits per heavy atom. The normalized spacial score (nSPS) is 28.7. The van der Waals surface area contributed by atoms with E-state index in [1.54, 1.807) is 11.3 Å². The molecule has 96 valence electrons. The zero-order chi connectivity index (χ0) is 12.6. The summed E-state index contributed by atoms with van der Waals surface area (Å²) in [5.41, 5.74) is 0.566. The summed E-state index contributed by atoms with van der Waals surface area (Å²) in [6.45, 7) is 2.24. The van der Waals surface area contributed by atoms with Crippen LogP contribution in [0.3, 0.4) is 0 Å². The molecular formula is C16H20OS. The lowest BCUT2D eigenvalue weighted by molar-refractivity contribution is -0.0203. The van der Waals surface area contributed by atoms with Gasteiger partial charge in [-0.15, -0.1) is 11.3 Å². The van der Waals surface area contributed by atoms with E-state index in [2.05, 4.69) is 36.6 Å². The third-order valence-corrected chi connectivity index (χ3v) is 5.35. The number of hydrogen-bond acceptors (Lipinski definition) is 2. The van der Waals surface area contributed by atoms with E-state index in [1.807, 2.05) is 0 Å². The lowest BCUT2D eigenvalue weighted by Gasteiger charge is -2.37. The molecule has 1 heterocycles. The van der Waals surface area contributed by atoms with Crippen molar-refractivity contribution in [3.8, 4) is 0 Å². The maximum absolute atomic E-state index is 11.1. The molecule has 2 aromatic rings. The van der Waals surface area contributed by atoms with Crippen molar-refractivity contribution in [1.29, 1.82) is 0 Å². The van der Waals surface area contributed by atoms with Crippen molar-refractivity contribution in [2.75, 3.05) is 0 Å². The summed E-state index contributed by atoms with van der Waals surface area (Å²) >= 11 is 1.75. The molecule has 0 saturated heterocycles. The Morgan fingerprint density at radius 2 is 2.28 bits per heavy atom. The van der Waals surface area contributed by atoms with E-state index in [4.69, 9.17) is 0 Å². The maximum Gasteiger partial charge on any atom is 0.0913 e. The first-order chi connectivity index (χ1) is 8.73.